The molecule has 0 bridgehead atoms. The zero-order valence-electron chi connectivity index (χ0n) is 10.1. The summed E-state index contributed by atoms with van der Waals surface area (Å²) in [6, 6.07) is 3.12. The molecule has 1 aromatic heterocycles. The van der Waals surface area contributed by atoms with Gasteiger partial charge >= 0.3 is 5.97 Å². The van der Waals surface area contributed by atoms with Crippen LogP contribution in [0.1, 0.15) is 30.2 Å². The third kappa shape index (κ3) is 3.07. The molecule has 0 fully saturated rings. The maximum atomic E-state index is 11.8. The highest BCUT2D eigenvalue weighted by molar-refractivity contribution is 5.95. The van der Waals surface area contributed by atoms with Gasteiger partial charge in [0.15, 0.2) is 5.76 Å². The van der Waals surface area contributed by atoms with E-state index in [1.165, 1.54) is 13.2 Å². The van der Waals surface area contributed by atoms with Crippen LogP contribution in [0, 0.1) is 0 Å². The minimum Gasteiger partial charge on any atom is -0.467 e. The number of hydrogen-bond acceptors (Lipinski definition) is 5. The van der Waals surface area contributed by atoms with Crippen molar-refractivity contribution in [3.8, 4) is 0 Å². The van der Waals surface area contributed by atoms with E-state index in [4.69, 9.17) is 10.2 Å². The third-order valence-corrected chi connectivity index (χ3v) is 2.21. The number of esters is 1. The molecule has 1 rings (SSSR count). The number of rotatable bonds is 4. The van der Waals surface area contributed by atoms with E-state index in [9.17, 15) is 9.59 Å². The second-order valence-corrected chi connectivity index (χ2v) is 4.04. The summed E-state index contributed by atoms with van der Waals surface area (Å²) in [4.78, 5) is 23.1. The Morgan fingerprint density at radius 2 is 2.12 bits per heavy atom. The first kappa shape index (κ1) is 13.2. The van der Waals surface area contributed by atoms with E-state index in [1.807, 2.05) is 0 Å². The maximum Gasteiger partial charge on any atom is 0.330 e. The molecule has 0 saturated carbocycles. The number of methoxy groups -OCH3 is 1. The highest BCUT2D eigenvalue weighted by atomic mass is 16.5. The number of nitrogens with two attached hydrogens (primary N) is 1. The Bertz CT molecular complexity index is 423. The van der Waals surface area contributed by atoms with Crippen LogP contribution in [-0.2, 0) is 16.1 Å². The minimum atomic E-state index is -1.11. The lowest BCUT2D eigenvalue weighted by Gasteiger charge is -2.22. The van der Waals surface area contributed by atoms with Crippen LogP contribution in [0.4, 0.5) is 0 Å². The summed E-state index contributed by atoms with van der Waals surface area (Å²) in [6.07, 6.45) is 0. The van der Waals surface area contributed by atoms with Crippen molar-refractivity contribution >= 4 is 11.9 Å². The van der Waals surface area contributed by atoms with Gasteiger partial charge in [0.2, 0.25) is 0 Å². The summed E-state index contributed by atoms with van der Waals surface area (Å²) in [5, 5.41) is 2.51. The fourth-order valence-corrected chi connectivity index (χ4v) is 1.26. The van der Waals surface area contributed by atoms with Crippen LogP contribution in [0.15, 0.2) is 16.5 Å². The molecule has 94 valence electrons. The van der Waals surface area contributed by atoms with Gasteiger partial charge in [-0.15, -0.1) is 0 Å². The summed E-state index contributed by atoms with van der Waals surface area (Å²) in [6.45, 7) is 3.31. The van der Waals surface area contributed by atoms with Gasteiger partial charge in [-0.2, -0.15) is 0 Å². The molecule has 0 aliphatic rings. The molecule has 0 radical (unpaired) electrons. The highest BCUT2D eigenvalue weighted by Crippen LogP contribution is 2.10. The number of ether oxygens (including phenoxy) is 1. The molecular formula is C11H16N2O4. The molecule has 6 nitrogen and oxygen atoms in total. The number of hydrogen-bond donors (Lipinski definition) is 2. The Morgan fingerprint density at radius 3 is 2.59 bits per heavy atom. The fourth-order valence-electron chi connectivity index (χ4n) is 1.26. The Labute approximate surface area is 99.1 Å². The van der Waals surface area contributed by atoms with Crippen molar-refractivity contribution in [1.82, 2.24) is 5.32 Å². The van der Waals surface area contributed by atoms with Crippen molar-refractivity contribution in [2.24, 2.45) is 5.73 Å². The van der Waals surface area contributed by atoms with E-state index < -0.39 is 17.4 Å². The van der Waals surface area contributed by atoms with Crippen LogP contribution in [-0.4, -0.2) is 24.5 Å². The predicted octanol–water partition coefficient (Wildman–Crippen LogP) is 0.420. The molecule has 1 heterocycles. The lowest BCUT2D eigenvalue weighted by molar-refractivity contribution is -0.146. The van der Waals surface area contributed by atoms with E-state index in [2.05, 4.69) is 10.1 Å². The van der Waals surface area contributed by atoms with Crippen molar-refractivity contribution < 1.29 is 18.7 Å². The van der Waals surface area contributed by atoms with Crippen molar-refractivity contribution in [1.29, 1.82) is 0 Å². The molecule has 0 aromatic carbocycles. The van der Waals surface area contributed by atoms with Gasteiger partial charge in [-0.05, 0) is 26.0 Å². The van der Waals surface area contributed by atoms with Crippen molar-refractivity contribution in [2.75, 3.05) is 7.11 Å². The first-order chi connectivity index (χ1) is 7.90. The molecule has 0 atom stereocenters. The molecule has 3 N–H and O–H groups in total. The third-order valence-electron chi connectivity index (χ3n) is 2.21. The van der Waals surface area contributed by atoms with Crippen LogP contribution in [0.5, 0.6) is 0 Å². The number of furan rings is 1. The lowest BCUT2D eigenvalue weighted by Crippen LogP contribution is -2.50. The first-order valence-corrected chi connectivity index (χ1v) is 5.10. The van der Waals surface area contributed by atoms with E-state index in [-0.39, 0.29) is 12.3 Å². The monoisotopic (exact) mass is 240 g/mol. The van der Waals surface area contributed by atoms with E-state index in [1.54, 1.807) is 19.9 Å². The van der Waals surface area contributed by atoms with Crippen LogP contribution < -0.4 is 11.1 Å². The summed E-state index contributed by atoms with van der Waals surface area (Å²) in [5.41, 5.74) is 4.25. The summed E-state index contributed by atoms with van der Waals surface area (Å²) >= 11 is 0. The summed E-state index contributed by atoms with van der Waals surface area (Å²) in [5.74, 6) is -0.398. The Balaban J connectivity index is 2.75. The van der Waals surface area contributed by atoms with Gasteiger partial charge in [0.05, 0.1) is 13.7 Å². The molecule has 6 heteroatoms. The summed E-state index contributed by atoms with van der Waals surface area (Å²) < 4.78 is 9.74. The van der Waals surface area contributed by atoms with E-state index in [0.717, 1.165) is 0 Å². The Kier molecular flexibility index (Phi) is 3.90. The lowest BCUT2D eigenvalue weighted by atomic mass is 10.1. The van der Waals surface area contributed by atoms with Crippen molar-refractivity contribution in [3.05, 3.63) is 23.7 Å². The normalized spacial score (nSPS) is 11.1. The predicted molar refractivity (Wildman–Crippen MR) is 60.2 cm³/mol. The zero-order chi connectivity index (χ0) is 13.1. The zero-order valence-corrected chi connectivity index (χ0v) is 10.1. The highest BCUT2D eigenvalue weighted by Gasteiger charge is 2.31. The SMILES string of the molecule is COC(=O)C(C)(C)NC(=O)c1ccc(CN)o1. The Hall–Kier alpha value is -1.82. The molecule has 0 aliphatic carbocycles. The summed E-state index contributed by atoms with van der Waals surface area (Å²) in [7, 11) is 1.26. The average molecular weight is 240 g/mol. The van der Waals surface area contributed by atoms with Crippen LogP contribution in [0.2, 0.25) is 0 Å². The molecule has 0 saturated heterocycles. The van der Waals surface area contributed by atoms with Gasteiger partial charge in [-0.1, -0.05) is 0 Å². The quantitative estimate of drug-likeness (QED) is 0.744. The van der Waals surface area contributed by atoms with Gasteiger partial charge < -0.3 is 20.2 Å². The second-order valence-electron chi connectivity index (χ2n) is 4.04. The van der Waals surface area contributed by atoms with E-state index >= 15 is 0 Å². The first-order valence-electron chi connectivity index (χ1n) is 5.10. The van der Waals surface area contributed by atoms with Gasteiger partial charge in [0.25, 0.3) is 5.91 Å². The van der Waals surface area contributed by atoms with Gasteiger partial charge in [0.1, 0.15) is 11.3 Å². The number of amides is 1. The molecule has 17 heavy (non-hydrogen) atoms. The smallest absolute Gasteiger partial charge is 0.330 e. The molecule has 1 amide bonds. The van der Waals surface area contributed by atoms with Crippen molar-refractivity contribution in [2.45, 2.75) is 25.9 Å². The van der Waals surface area contributed by atoms with Crippen LogP contribution in [0.25, 0.3) is 0 Å². The standard InChI is InChI=1S/C11H16N2O4/c1-11(2,10(15)16-3)13-9(14)8-5-4-7(6-12)17-8/h4-5H,6,12H2,1-3H3,(H,13,14). The van der Waals surface area contributed by atoms with Gasteiger partial charge in [0, 0.05) is 0 Å². The Morgan fingerprint density at radius 1 is 1.47 bits per heavy atom. The second kappa shape index (κ2) is 5.01. The van der Waals surface area contributed by atoms with Crippen LogP contribution in [0.3, 0.4) is 0 Å². The molecule has 1 aromatic rings. The molecular weight excluding hydrogens is 224 g/mol. The number of carbonyl (C=O) groups excluding carboxylic acids is 2. The van der Waals surface area contributed by atoms with Gasteiger partial charge in [-0.25, -0.2) is 4.79 Å². The van der Waals surface area contributed by atoms with E-state index in [0.29, 0.717) is 5.76 Å². The average Bonchev–Trinajstić information content (AvgIpc) is 2.75. The minimum absolute atomic E-state index is 0.113. The largest absolute Gasteiger partial charge is 0.467 e. The van der Waals surface area contributed by atoms with Crippen molar-refractivity contribution in [3.63, 3.8) is 0 Å². The number of carbonyl (C=O) groups is 2. The topological polar surface area (TPSA) is 94.6 Å². The molecule has 0 unspecified atom stereocenters. The maximum absolute atomic E-state index is 11.8. The molecule has 0 aliphatic heterocycles. The van der Waals surface area contributed by atoms with Crippen LogP contribution >= 0.6 is 0 Å². The van der Waals surface area contributed by atoms with Gasteiger partial charge in [-0.3, -0.25) is 4.79 Å². The number of nitrogens with one attached hydrogen (secondary N) is 1. The molecule has 0 spiro atoms. The fraction of sp³-hybridized carbons (Fsp3) is 0.455.